The molecule has 2 aromatic rings. The van der Waals surface area contributed by atoms with Gasteiger partial charge in [0.25, 0.3) is 10.2 Å². The Morgan fingerprint density at radius 2 is 1.47 bits per heavy atom. The van der Waals surface area contributed by atoms with Crippen molar-refractivity contribution < 1.29 is 13.2 Å². The highest BCUT2D eigenvalue weighted by Crippen LogP contribution is 2.36. The first-order chi connectivity index (χ1) is 14.5. The molecule has 30 heavy (non-hydrogen) atoms. The van der Waals surface area contributed by atoms with E-state index in [4.69, 9.17) is 0 Å². The zero-order chi connectivity index (χ0) is 21.6. The molecule has 1 saturated heterocycles. The average Bonchev–Trinajstić information content (AvgIpc) is 2.79. The smallest absolute Gasteiger partial charge is 0.282 e. The number of piperazine rings is 1. The molecule has 1 atom stereocenters. The van der Waals surface area contributed by atoms with Gasteiger partial charge in [0.15, 0.2) is 0 Å². The number of hydrogen-bond donors (Lipinski definition) is 0. The van der Waals surface area contributed by atoms with Crippen molar-refractivity contribution >= 4 is 27.9 Å². The van der Waals surface area contributed by atoms with Crippen LogP contribution >= 0.6 is 11.8 Å². The molecule has 1 heterocycles. The van der Waals surface area contributed by atoms with Crippen LogP contribution in [0.2, 0.25) is 0 Å². The van der Waals surface area contributed by atoms with E-state index < -0.39 is 10.2 Å². The Balaban J connectivity index is 1.73. The van der Waals surface area contributed by atoms with Gasteiger partial charge in [0, 0.05) is 44.2 Å². The van der Waals surface area contributed by atoms with E-state index in [-0.39, 0.29) is 11.2 Å². The van der Waals surface area contributed by atoms with E-state index in [9.17, 15) is 13.2 Å². The molecule has 0 N–H and O–H groups in total. The van der Waals surface area contributed by atoms with Crippen LogP contribution in [0.1, 0.15) is 24.7 Å². The SMILES string of the molecule is CCN(CC)S(=O)(=O)N1CCN(C(=O)C(Sc2ccccc2)c2ccccc2)CC1. The minimum atomic E-state index is -3.47. The average molecular weight is 448 g/mol. The molecule has 162 valence electrons. The number of thioether (sulfide) groups is 1. The van der Waals surface area contributed by atoms with E-state index in [1.165, 1.54) is 20.4 Å². The lowest BCUT2D eigenvalue weighted by atomic mass is 10.1. The van der Waals surface area contributed by atoms with Crippen LogP contribution in [-0.2, 0) is 15.0 Å². The monoisotopic (exact) mass is 447 g/mol. The summed E-state index contributed by atoms with van der Waals surface area (Å²) in [6.07, 6.45) is 0. The maximum Gasteiger partial charge on any atom is 0.282 e. The third kappa shape index (κ3) is 5.24. The van der Waals surface area contributed by atoms with Gasteiger partial charge in [-0.2, -0.15) is 17.0 Å². The summed E-state index contributed by atoms with van der Waals surface area (Å²) in [6.45, 7) is 6.02. The quantitative estimate of drug-likeness (QED) is 0.583. The number of nitrogens with zero attached hydrogens (tertiary/aromatic N) is 3. The van der Waals surface area contributed by atoms with E-state index in [1.807, 2.05) is 74.5 Å². The van der Waals surface area contributed by atoms with Gasteiger partial charge in [-0.25, -0.2) is 0 Å². The molecule has 0 bridgehead atoms. The maximum atomic E-state index is 13.4. The fourth-order valence-corrected chi connectivity index (χ4v) is 6.28. The van der Waals surface area contributed by atoms with Crippen molar-refractivity contribution in [3.63, 3.8) is 0 Å². The summed E-state index contributed by atoms with van der Waals surface area (Å²) >= 11 is 1.53. The van der Waals surface area contributed by atoms with E-state index >= 15 is 0 Å². The van der Waals surface area contributed by atoms with Crippen LogP contribution in [0.5, 0.6) is 0 Å². The predicted molar refractivity (Wildman–Crippen MR) is 121 cm³/mol. The summed E-state index contributed by atoms with van der Waals surface area (Å²) in [6, 6.07) is 19.7. The van der Waals surface area contributed by atoms with Crippen LogP contribution in [0.4, 0.5) is 0 Å². The molecule has 6 nitrogen and oxygen atoms in total. The normalized spacial score (nSPS) is 16.6. The molecular formula is C22H29N3O3S2. The summed E-state index contributed by atoms with van der Waals surface area (Å²) in [5.41, 5.74) is 0.953. The maximum absolute atomic E-state index is 13.4. The van der Waals surface area contributed by atoms with Gasteiger partial charge in [-0.05, 0) is 17.7 Å². The molecule has 1 aliphatic heterocycles. The number of carbonyl (C=O) groups excluding carboxylic acids is 1. The lowest BCUT2D eigenvalue weighted by Crippen LogP contribution is -2.54. The van der Waals surface area contributed by atoms with Crippen molar-refractivity contribution in [3.8, 4) is 0 Å². The molecule has 0 aliphatic carbocycles. The van der Waals surface area contributed by atoms with Crippen LogP contribution in [0.25, 0.3) is 0 Å². The molecule has 2 aromatic carbocycles. The summed E-state index contributed by atoms with van der Waals surface area (Å²) in [7, 11) is -3.47. The second-order valence-corrected chi connectivity index (χ2v) is 10.1. The van der Waals surface area contributed by atoms with E-state index in [0.717, 1.165) is 10.5 Å². The highest BCUT2D eigenvalue weighted by atomic mass is 32.2. The summed E-state index contributed by atoms with van der Waals surface area (Å²) in [5, 5.41) is -0.362. The van der Waals surface area contributed by atoms with Crippen molar-refractivity contribution in [2.45, 2.75) is 24.0 Å². The Kier molecular flexibility index (Phi) is 7.93. The van der Waals surface area contributed by atoms with Gasteiger partial charge >= 0.3 is 0 Å². The van der Waals surface area contributed by atoms with Crippen molar-refractivity contribution in [1.29, 1.82) is 0 Å². The summed E-state index contributed by atoms with van der Waals surface area (Å²) in [4.78, 5) is 16.3. The molecule has 0 saturated carbocycles. The van der Waals surface area contributed by atoms with Gasteiger partial charge in [-0.3, -0.25) is 4.79 Å². The topological polar surface area (TPSA) is 60.9 Å². The summed E-state index contributed by atoms with van der Waals surface area (Å²) < 4.78 is 28.5. The molecule has 0 aromatic heterocycles. The third-order valence-electron chi connectivity index (χ3n) is 5.23. The van der Waals surface area contributed by atoms with Crippen LogP contribution in [0, 0.1) is 0 Å². The minimum Gasteiger partial charge on any atom is -0.339 e. The van der Waals surface area contributed by atoms with E-state index in [1.54, 1.807) is 4.90 Å². The Labute approximate surface area is 184 Å². The number of amides is 1. The van der Waals surface area contributed by atoms with Crippen LogP contribution < -0.4 is 0 Å². The zero-order valence-corrected chi connectivity index (χ0v) is 19.1. The van der Waals surface area contributed by atoms with Gasteiger partial charge in [-0.15, -0.1) is 11.8 Å². The Morgan fingerprint density at radius 1 is 0.933 bits per heavy atom. The zero-order valence-electron chi connectivity index (χ0n) is 17.5. The molecular weight excluding hydrogens is 418 g/mol. The molecule has 8 heteroatoms. The number of hydrogen-bond acceptors (Lipinski definition) is 4. The standard InChI is InChI=1S/C22H29N3O3S2/c1-3-24(4-2)30(27,28)25-17-15-23(16-18-25)22(26)21(19-11-7-5-8-12-19)29-20-13-9-6-10-14-20/h5-14,21H,3-4,15-18H2,1-2H3. The van der Waals surface area contributed by atoms with Gasteiger partial charge in [0.1, 0.15) is 5.25 Å². The highest BCUT2D eigenvalue weighted by Gasteiger charge is 2.34. The molecule has 1 unspecified atom stereocenters. The van der Waals surface area contributed by atoms with Crippen molar-refractivity contribution in [3.05, 3.63) is 66.2 Å². The van der Waals surface area contributed by atoms with Gasteiger partial charge in [0.05, 0.1) is 0 Å². The number of carbonyl (C=O) groups is 1. The van der Waals surface area contributed by atoms with Crippen LogP contribution in [-0.4, -0.2) is 67.1 Å². The van der Waals surface area contributed by atoms with Crippen molar-refractivity contribution in [2.75, 3.05) is 39.3 Å². The molecule has 0 spiro atoms. The molecule has 3 rings (SSSR count). The lowest BCUT2D eigenvalue weighted by molar-refractivity contribution is -0.131. The van der Waals surface area contributed by atoms with Gasteiger partial charge < -0.3 is 4.90 Å². The van der Waals surface area contributed by atoms with Crippen LogP contribution in [0.3, 0.4) is 0 Å². The molecule has 1 amide bonds. The van der Waals surface area contributed by atoms with Crippen molar-refractivity contribution in [1.82, 2.24) is 13.5 Å². The molecule has 1 aliphatic rings. The highest BCUT2D eigenvalue weighted by molar-refractivity contribution is 8.00. The number of benzene rings is 2. The lowest BCUT2D eigenvalue weighted by Gasteiger charge is -2.37. The first-order valence-corrected chi connectivity index (χ1v) is 12.6. The van der Waals surface area contributed by atoms with Gasteiger partial charge in [0.2, 0.25) is 5.91 Å². The Morgan fingerprint density at radius 3 is 2.00 bits per heavy atom. The van der Waals surface area contributed by atoms with Gasteiger partial charge in [-0.1, -0.05) is 62.4 Å². The summed E-state index contributed by atoms with van der Waals surface area (Å²) in [5.74, 6) is 0.0231. The largest absolute Gasteiger partial charge is 0.339 e. The predicted octanol–water partition coefficient (Wildman–Crippen LogP) is 3.25. The molecule has 0 radical (unpaired) electrons. The second kappa shape index (κ2) is 10.4. The Hall–Kier alpha value is -1.87. The first-order valence-electron chi connectivity index (χ1n) is 10.3. The number of rotatable bonds is 8. The fraction of sp³-hybridized carbons (Fsp3) is 0.409. The van der Waals surface area contributed by atoms with Crippen molar-refractivity contribution in [2.24, 2.45) is 0 Å². The van der Waals surface area contributed by atoms with E-state index in [0.29, 0.717) is 39.3 Å². The van der Waals surface area contributed by atoms with Crippen LogP contribution in [0.15, 0.2) is 65.6 Å². The molecule has 1 fully saturated rings. The Bertz CT molecular complexity index is 911. The van der Waals surface area contributed by atoms with E-state index in [2.05, 4.69) is 0 Å². The first kappa shape index (κ1) is 22.8. The minimum absolute atomic E-state index is 0.0231. The second-order valence-electron chi connectivity index (χ2n) is 7.04. The third-order valence-corrected chi connectivity index (χ3v) is 8.67. The fourth-order valence-electron chi connectivity index (χ4n) is 3.54.